The van der Waals surface area contributed by atoms with E-state index in [1.807, 2.05) is 12.1 Å². The minimum Gasteiger partial charge on any atom is -0.497 e. The lowest BCUT2D eigenvalue weighted by Crippen LogP contribution is -2.00. The lowest BCUT2D eigenvalue weighted by atomic mass is 9.95. The van der Waals surface area contributed by atoms with Gasteiger partial charge in [0.2, 0.25) is 0 Å². The van der Waals surface area contributed by atoms with Gasteiger partial charge in [-0.25, -0.2) is 0 Å². The molecule has 0 aliphatic carbocycles. The van der Waals surface area contributed by atoms with E-state index >= 15 is 0 Å². The van der Waals surface area contributed by atoms with Crippen LogP contribution in [0.5, 0.6) is 5.75 Å². The number of hydrogen-bond acceptors (Lipinski definition) is 3. The molecule has 0 fully saturated rings. The summed E-state index contributed by atoms with van der Waals surface area (Å²) in [7, 11) is 1.71. The molecule has 3 heteroatoms. The molecule has 0 aromatic heterocycles. The maximum Gasteiger partial charge on any atom is 0.123 e. The molecule has 46 heavy (non-hydrogen) atoms. The third kappa shape index (κ3) is 6.12. The molecule has 7 aromatic carbocycles. The molecule has 0 heterocycles. The summed E-state index contributed by atoms with van der Waals surface area (Å²) in [6.07, 6.45) is 0. The second-order valence-corrected chi connectivity index (χ2v) is 11.1. The first-order chi connectivity index (χ1) is 22.8. The van der Waals surface area contributed by atoms with Gasteiger partial charge in [-0.2, -0.15) is 0 Å². The summed E-state index contributed by atoms with van der Waals surface area (Å²) in [6.45, 7) is 0. The van der Waals surface area contributed by atoms with E-state index in [1.165, 1.54) is 0 Å². The third-order valence-corrected chi connectivity index (χ3v) is 8.15. The Bertz CT molecular complexity index is 1800. The zero-order chi connectivity index (χ0) is 31.1. The van der Waals surface area contributed by atoms with E-state index in [0.717, 1.165) is 73.0 Å². The van der Waals surface area contributed by atoms with Crippen molar-refractivity contribution in [2.24, 2.45) is 0 Å². The summed E-state index contributed by atoms with van der Waals surface area (Å²) in [5.41, 5.74) is 13.0. The molecule has 0 aliphatic rings. The predicted octanol–water partition coefficient (Wildman–Crippen LogP) is 11.9. The van der Waals surface area contributed by atoms with Gasteiger partial charge in [-0.15, -0.1) is 0 Å². The lowest BCUT2D eigenvalue weighted by Gasteiger charge is -2.21. The first kappa shape index (κ1) is 28.7. The smallest absolute Gasteiger partial charge is 0.123 e. The Morgan fingerprint density at radius 1 is 0.348 bits per heavy atom. The standard InChI is InChI=1S/C43H34N2O/c1-46-37-29-35(44-42-38(31-16-6-2-7-17-31)24-14-25-39(42)32-18-8-3-9-19-32)28-36(30-37)45-43-40(33-20-10-4-11-21-33)26-15-27-41(43)34-22-12-5-13-23-34/h2-30,44-45H,1H3. The Labute approximate surface area is 270 Å². The van der Waals surface area contributed by atoms with Crippen LogP contribution in [0.25, 0.3) is 44.5 Å². The Kier molecular flexibility index (Phi) is 8.29. The van der Waals surface area contributed by atoms with Gasteiger partial charge in [0.1, 0.15) is 5.75 Å². The highest BCUT2D eigenvalue weighted by Gasteiger charge is 2.16. The van der Waals surface area contributed by atoms with Crippen molar-refractivity contribution in [2.45, 2.75) is 0 Å². The largest absolute Gasteiger partial charge is 0.497 e. The number of methoxy groups -OCH3 is 1. The molecule has 0 atom stereocenters. The van der Waals surface area contributed by atoms with Crippen molar-refractivity contribution >= 4 is 22.7 Å². The fraction of sp³-hybridized carbons (Fsp3) is 0.0233. The maximum atomic E-state index is 5.85. The number of anilines is 4. The fourth-order valence-corrected chi connectivity index (χ4v) is 5.96. The van der Waals surface area contributed by atoms with Gasteiger partial charge >= 0.3 is 0 Å². The van der Waals surface area contributed by atoms with Crippen molar-refractivity contribution in [3.05, 3.63) is 176 Å². The summed E-state index contributed by atoms with van der Waals surface area (Å²) in [4.78, 5) is 0. The molecule has 0 spiro atoms. The van der Waals surface area contributed by atoms with E-state index in [9.17, 15) is 0 Å². The summed E-state index contributed by atoms with van der Waals surface area (Å²) >= 11 is 0. The second kappa shape index (κ2) is 13.3. The van der Waals surface area contributed by atoms with Crippen LogP contribution in [-0.4, -0.2) is 7.11 Å². The highest BCUT2D eigenvalue weighted by molar-refractivity contribution is 5.95. The van der Waals surface area contributed by atoms with Gasteiger partial charge in [-0.05, 0) is 28.3 Å². The number of rotatable bonds is 9. The molecular weight excluding hydrogens is 560 g/mol. The van der Waals surface area contributed by atoms with Gasteiger partial charge in [0.05, 0.1) is 18.5 Å². The normalized spacial score (nSPS) is 10.7. The van der Waals surface area contributed by atoms with Crippen molar-refractivity contribution in [1.29, 1.82) is 0 Å². The molecule has 0 saturated heterocycles. The molecule has 7 rings (SSSR count). The van der Waals surface area contributed by atoms with Gasteiger partial charge in [0, 0.05) is 45.8 Å². The van der Waals surface area contributed by atoms with Crippen molar-refractivity contribution in [3.63, 3.8) is 0 Å². The van der Waals surface area contributed by atoms with E-state index in [2.05, 4.69) is 174 Å². The van der Waals surface area contributed by atoms with Crippen LogP contribution in [0.1, 0.15) is 0 Å². The van der Waals surface area contributed by atoms with E-state index in [1.54, 1.807) is 7.11 Å². The Morgan fingerprint density at radius 2 is 0.652 bits per heavy atom. The zero-order valence-corrected chi connectivity index (χ0v) is 25.7. The van der Waals surface area contributed by atoms with Crippen molar-refractivity contribution in [1.82, 2.24) is 0 Å². The minimum absolute atomic E-state index is 0.754. The predicted molar refractivity (Wildman–Crippen MR) is 194 cm³/mol. The number of benzene rings is 7. The summed E-state index contributed by atoms with van der Waals surface area (Å²) in [5, 5.41) is 7.62. The summed E-state index contributed by atoms with van der Waals surface area (Å²) in [6, 6.07) is 61.2. The molecule has 3 nitrogen and oxygen atoms in total. The SMILES string of the molecule is COc1cc(Nc2c(-c3ccccc3)cccc2-c2ccccc2)cc(Nc2c(-c3ccccc3)cccc2-c2ccccc2)c1. The van der Waals surface area contributed by atoms with Crippen molar-refractivity contribution in [2.75, 3.05) is 17.7 Å². The highest BCUT2D eigenvalue weighted by atomic mass is 16.5. The Balaban J connectivity index is 1.35. The topological polar surface area (TPSA) is 33.3 Å². The summed E-state index contributed by atoms with van der Waals surface area (Å²) < 4.78 is 5.85. The van der Waals surface area contributed by atoms with Crippen LogP contribution in [0.2, 0.25) is 0 Å². The van der Waals surface area contributed by atoms with Gasteiger partial charge in [-0.1, -0.05) is 158 Å². The highest BCUT2D eigenvalue weighted by Crippen LogP contribution is 2.42. The molecule has 0 amide bonds. The first-order valence-corrected chi connectivity index (χ1v) is 15.5. The van der Waals surface area contributed by atoms with Gasteiger partial charge < -0.3 is 15.4 Å². The zero-order valence-electron chi connectivity index (χ0n) is 25.7. The number of hydrogen-bond donors (Lipinski definition) is 2. The Morgan fingerprint density at radius 3 is 0.935 bits per heavy atom. The maximum absolute atomic E-state index is 5.85. The quantitative estimate of drug-likeness (QED) is 0.174. The lowest BCUT2D eigenvalue weighted by molar-refractivity contribution is 0.415. The molecule has 0 radical (unpaired) electrons. The van der Waals surface area contributed by atoms with Gasteiger partial charge in [-0.3, -0.25) is 0 Å². The summed E-state index contributed by atoms with van der Waals surface area (Å²) in [5.74, 6) is 0.754. The van der Waals surface area contributed by atoms with E-state index in [0.29, 0.717) is 0 Å². The Hall–Kier alpha value is -6.06. The molecule has 0 bridgehead atoms. The van der Waals surface area contributed by atoms with Crippen LogP contribution >= 0.6 is 0 Å². The molecule has 222 valence electrons. The van der Waals surface area contributed by atoms with Crippen LogP contribution in [0.3, 0.4) is 0 Å². The molecule has 2 N–H and O–H groups in total. The van der Waals surface area contributed by atoms with Crippen LogP contribution in [0, 0.1) is 0 Å². The number of para-hydroxylation sites is 2. The van der Waals surface area contributed by atoms with Gasteiger partial charge in [0.25, 0.3) is 0 Å². The van der Waals surface area contributed by atoms with Crippen LogP contribution in [-0.2, 0) is 0 Å². The monoisotopic (exact) mass is 594 g/mol. The average Bonchev–Trinajstić information content (AvgIpc) is 3.13. The molecule has 0 aliphatic heterocycles. The molecule has 0 unspecified atom stereocenters. The first-order valence-electron chi connectivity index (χ1n) is 15.5. The molecular formula is C43H34N2O. The minimum atomic E-state index is 0.754. The van der Waals surface area contributed by atoms with E-state index in [4.69, 9.17) is 4.74 Å². The molecule has 0 saturated carbocycles. The number of nitrogens with one attached hydrogen (secondary N) is 2. The van der Waals surface area contributed by atoms with E-state index < -0.39 is 0 Å². The van der Waals surface area contributed by atoms with Crippen LogP contribution < -0.4 is 15.4 Å². The van der Waals surface area contributed by atoms with E-state index in [-0.39, 0.29) is 0 Å². The van der Waals surface area contributed by atoms with Crippen LogP contribution in [0.15, 0.2) is 176 Å². The average molecular weight is 595 g/mol. The van der Waals surface area contributed by atoms with Crippen molar-refractivity contribution < 1.29 is 4.74 Å². The van der Waals surface area contributed by atoms with Crippen LogP contribution in [0.4, 0.5) is 22.7 Å². The second-order valence-electron chi connectivity index (χ2n) is 11.1. The van der Waals surface area contributed by atoms with Crippen molar-refractivity contribution in [3.8, 4) is 50.3 Å². The fourth-order valence-electron chi connectivity index (χ4n) is 5.96. The molecule has 7 aromatic rings. The van der Waals surface area contributed by atoms with Gasteiger partial charge in [0.15, 0.2) is 0 Å². The third-order valence-electron chi connectivity index (χ3n) is 8.15. The number of ether oxygens (including phenoxy) is 1.